The molecule has 2 aromatic heterocycles. The molecule has 1 unspecified atom stereocenters. The van der Waals surface area contributed by atoms with Gasteiger partial charge in [-0.05, 0) is 42.7 Å². The van der Waals surface area contributed by atoms with Gasteiger partial charge in [-0.3, -0.25) is 4.79 Å². The zero-order valence-electron chi connectivity index (χ0n) is 17.0. The van der Waals surface area contributed by atoms with Gasteiger partial charge < -0.3 is 14.6 Å². The number of hydrogen-bond acceptors (Lipinski definition) is 5. The average Bonchev–Trinajstić information content (AvgIpc) is 3.37. The number of nitrogens with one attached hydrogen (secondary N) is 1. The van der Waals surface area contributed by atoms with Gasteiger partial charge in [0.25, 0.3) is 0 Å². The predicted octanol–water partition coefficient (Wildman–Crippen LogP) is 4.27. The molecule has 6 nitrogen and oxygen atoms in total. The third kappa shape index (κ3) is 4.52. The lowest BCUT2D eigenvalue weighted by molar-refractivity contribution is -0.121. The standard InChI is InChI=1S/C23H24N4O2S/c1-27-15-14-24-23(27)22(16-10-12-17(29-2)13-11-16)26-20(28)8-5-9-21-25-18-6-3-4-7-19(18)30-21/h3-4,6-7,10-15,22H,5,8-9H2,1-2H3,(H,26,28). The van der Waals surface area contributed by atoms with Crippen molar-refractivity contribution in [3.05, 3.63) is 77.3 Å². The fourth-order valence-corrected chi connectivity index (χ4v) is 4.42. The normalized spacial score (nSPS) is 12.1. The number of carbonyl (C=O) groups excluding carboxylic acids is 1. The highest BCUT2D eigenvalue weighted by Crippen LogP contribution is 2.24. The van der Waals surface area contributed by atoms with E-state index >= 15 is 0 Å². The summed E-state index contributed by atoms with van der Waals surface area (Å²) in [6.07, 6.45) is 5.60. The van der Waals surface area contributed by atoms with Crippen LogP contribution in [-0.4, -0.2) is 27.6 Å². The number of benzene rings is 2. The monoisotopic (exact) mass is 420 g/mol. The van der Waals surface area contributed by atoms with E-state index < -0.39 is 0 Å². The number of nitrogens with zero attached hydrogens (tertiary/aromatic N) is 3. The Morgan fingerprint density at radius 1 is 1.20 bits per heavy atom. The van der Waals surface area contributed by atoms with Crippen LogP contribution >= 0.6 is 11.3 Å². The quantitative estimate of drug-likeness (QED) is 0.462. The van der Waals surface area contributed by atoms with Crippen molar-refractivity contribution >= 4 is 27.5 Å². The van der Waals surface area contributed by atoms with E-state index in [0.29, 0.717) is 6.42 Å². The van der Waals surface area contributed by atoms with Crippen LogP contribution in [-0.2, 0) is 18.3 Å². The molecule has 0 aliphatic rings. The Bertz CT molecular complexity index is 1100. The molecule has 1 amide bonds. The van der Waals surface area contributed by atoms with Crippen molar-refractivity contribution in [2.45, 2.75) is 25.3 Å². The van der Waals surface area contributed by atoms with E-state index in [2.05, 4.69) is 21.4 Å². The summed E-state index contributed by atoms with van der Waals surface area (Å²) in [5.74, 6) is 1.57. The molecule has 1 N–H and O–H groups in total. The van der Waals surface area contributed by atoms with Crippen LogP contribution in [0.1, 0.15) is 35.3 Å². The summed E-state index contributed by atoms with van der Waals surface area (Å²) in [7, 11) is 3.57. The molecule has 7 heteroatoms. The van der Waals surface area contributed by atoms with Crippen molar-refractivity contribution in [3.8, 4) is 5.75 Å². The van der Waals surface area contributed by atoms with E-state index in [-0.39, 0.29) is 11.9 Å². The van der Waals surface area contributed by atoms with Crippen LogP contribution in [0.15, 0.2) is 60.9 Å². The Balaban J connectivity index is 1.41. The van der Waals surface area contributed by atoms with Crippen molar-refractivity contribution in [1.82, 2.24) is 19.9 Å². The summed E-state index contributed by atoms with van der Waals surface area (Å²) in [6, 6.07) is 15.5. The van der Waals surface area contributed by atoms with Gasteiger partial charge in [0.15, 0.2) is 0 Å². The fraction of sp³-hybridized carbons (Fsp3) is 0.261. The second-order valence-corrected chi connectivity index (χ2v) is 8.21. The number of aryl methyl sites for hydroxylation is 2. The van der Waals surface area contributed by atoms with Gasteiger partial charge in [0.2, 0.25) is 5.91 Å². The Kier molecular flexibility index (Phi) is 6.09. The fourth-order valence-electron chi connectivity index (χ4n) is 3.41. The number of aromatic nitrogens is 3. The second kappa shape index (κ2) is 9.09. The summed E-state index contributed by atoms with van der Waals surface area (Å²) >= 11 is 1.70. The third-order valence-corrected chi connectivity index (χ3v) is 6.10. The number of rotatable bonds is 8. The van der Waals surface area contributed by atoms with Gasteiger partial charge in [-0.25, -0.2) is 9.97 Å². The Morgan fingerprint density at radius 2 is 2.00 bits per heavy atom. The first-order chi connectivity index (χ1) is 14.6. The lowest BCUT2D eigenvalue weighted by atomic mass is 10.1. The van der Waals surface area contributed by atoms with E-state index in [1.165, 1.54) is 4.70 Å². The average molecular weight is 421 g/mol. The van der Waals surface area contributed by atoms with Gasteiger partial charge in [0, 0.05) is 25.9 Å². The smallest absolute Gasteiger partial charge is 0.220 e. The zero-order valence-corrected chi connectivity index (χ0v) is 17.9. The highest BCUT2D eigenvalue weighted by Gasteiger charge is 2.20. The van der Waals surface area contributed by atoms with Crippen LogP contribution in [0.5, 0.6) is 5.75 Å². The topological polar surface area (TPSA) is 69.0 Å². The molecule has 0 spiro atoms. The van der Waals surface area contributed by atoms with Gasteiger partial charge in [0.05, 0.1) is 22.3 Å². The van der Waals surface area contributed by atoms with Crippen molar-refractivity contribution < 1.29 is 9.53 Å². The predicted molar refractivity (Wildman–Crippen MR) is 119 cm³/mol. The van der Waals surface area contributed by atoms with E-state index in [4.69, 9.17) is 4.74 Å². The number of imidazole rings is 1. The first-order valence-electron chi connectivity index (χ1n) is 9.89. The largest absolute Gasteiger partial charge is 0.497 e. The second-order valence-electron chi connectivity index (χ2n) is 7.10. The number of para-hydroxylation sites is 1. The maximum atomic E-state index is 12.7. The minimum absolute atomic E-state index is 0.0000656. The number of thiazole rings is 1. The van der Waals surface area contributed by atoms with Gasteiger partial charge in [0.1, 0.15) is 17.6 Å². The van der Waals surface area contributed by atoms with Gasteiger partial charge >= 0.3 is 0 Å². The SMILES string of the molecule is COc1ccc(C(NC(=O)CCCc2nc3ccccc3s2)c2nccn2C)cc1. The summed E-state index contributed by atoms with van der Waals surface area (Å²) in [6.45, 7) is 0. The number of ether oxygens (including phenoxy) is 1. The first kappa shape index (κ1) is 20.1. The summed E-state index contributed by atoms with van der Waals surface area (Å²) in [5, 5.41) is 4.22. The molecule has 0 saturated carbocycles. The third-order valence-electron chi connectivity index (χ3n) is 5.00. The molecule has 2 aromatic carbocycles. The zero-order chi connectivity index (χ0) is 20.9. The minimum atomic E-state index is -0.314. The number of fused-ring (bicyclic) bond motifs is 1. The number of amides is 1. The molecule has 2 heterocycles. The van der Waals surface area contributed by atoms with Gasteiger partial charge in [-0.15, -0.1) is 11.3 Å². The molecule has 4 rings (SSSR count). The minimum Gasteiger partial charge on any atom is -0.497 e. The molecule has 0 radical (unpaired) electrons. The van der Waals surface area contributed by atoms with Crippen LogP contribution in [0.25, 0.3) is 10.2 Å². The van der Waals surface area contributed by atoms with Crippen LogP contribution in [0.3, 0.4) is 0 Å². The van der Waals surface area contributed by atoms with Crippen LogP contribution in [0, 0.1) is 0 Å². The van der Waals surface area contributed by atoms with E-state index in [9.17, 15) is 4.79 Å². The Labute approximate surface area is 179 Å². The van der Waals surface area contributed by atoms with E-state index in [1.54, 1.807) is 24.6 Å². The highest BCUT2D eigenvalue weighted by molar-refractivity contribution is 7.18. The lowest BCUT2D eigenvalue weighted by Gasteiger charge is -2.19. The molecular formula is C23H24N4O2S. The van der Waals surface area contributed by atoms with Gasteiger partial charge in [-0.2, -0.15) is 0 Å². The molecule has 154 valence electrons. The molecule has 0 saturated heterocycles. The first-order valence-corrected chi connectivity index (χ1v) is 10.7. The maximum absolute atomic E-state index is 12.7. The lowest BCUT2D eigenvalue weighted by Crippen LogP contribution is -2.31. The van der Waals surface area contributed by atoms with Gasteiger partial charge in [-0.1, -0.05) is 24.3 Å². The molecule has 0 aliphatic carbocycles. The number of hydrogen-bond donors (Lipinski definition) is 1. The molecule has 0 fully saturated rings. The van der Waals surface area contributed by atoms with Crippen molar-refractivity contribution in [1.29, 1.82) is 0 Å². The van der Waals surface area contributed by atoms with E-state index in [0.717, 1.165) is 40.5 Å². The van der Waals surface area contributed by atoms with Crippen LogP contribution in [0.4, 0.5) is 0 Å². The molecule has 30 heavy (non-hydrogen) atoms. The number of methoxy groups -OCH3 is 1. The number of carbonyl (C=O) groups is 1. The Hall–Kier alpha value is -3.19. The van der Waals surface area contributed by atoms with E-state index in [1.807, 2.05) is 60.3 Å². The van der Waals surface area contributed by atoms with Crippen LogP contribution in [0.2, 0.25) is 0 Å². The summed E-state index contributed by atoms with van der Waals surface area (Å²) < 4.78 is 8.36. The molecule has 0 bridgehead atoms. The van der Waals surface area contributed by atoms with Crippen molar-refractivity contribution in [2.24, 2.45) is 7.05 Å². The summed E-state index contributed by atoms with van der Waals surface area (Å²) in [4.78, 5) is 21.8. The van der Waals surface area contributed by atoms with Crippen molar-refractivity contribution in [2.75, 3.05) is 7.11 Å². The Morgan fingerprint density at radius 3 is 2.70 bits per heavy atom. The highest BCUT2D eigenvalue weighted by atomic mass is 32.1. The van der Waals surface area contributed by atoms with Crippen molar-refractivity contribution in [3.63, 3.8) is 0 Å². The molecule has 0 aliphatic heterocycles. The maximum Gasteiger partial charge on any atom is 0.220 e. The summed E-state index contributed by atoms with van der Waals surface area (Å²) in [5.41, 5.74) is 1.99. The molecule has 1 atom stereocenters. The van der Waals surface area contributed by atoms with Crippen LogP contribution < -0.4 is 10.1 Å². The molecular weight excluding hydrogens is 396 g/mol. The molecule has 4 aromatic rings.